The number of fused-ring (bicyclic) bond motifs is 2. The van der Waals surface area contributed by atoms with Crippen molar-refractivity contribution in [1.82, 2.24) is 0 Å². The van der Waals surface area contributed by atoms with Gasteiger partial charge in [0.2, 0.25) is 5.91 Å². The van der Waals surface area contributed by atoms with E-state index in [0.29, 0.717) is 11.3 Å². The molecular formula is C15H14FNO4. The maximum Gasteiger partial charge on any atom is 0.310 e. The lowest BCUT2D eigenvalue weighted by Crippen LogP contribution is -2.39. The minimum atomic E-state index is -1.07. The Bertz CT molecular complexity index is 643. The molecule has 2 bridgehead atoms. The van der Waals surface area contributed by atoms with Crippen LogP contribution in [0.5, 0.6) is 0 Å². The summed E-state index contributed by atoms with van der Waals surface area (Å²) in [6, 6.07) is 4.07. The van der Waals surface area contributed by atoms with E-state index in [4.69, 9.17) is 4.74 Å². The van der Waals surface area contributed by atoms with Crippen molar-refractivity contribution < 1.29 is 23.8 Å². The molecule has 2 N–H and O–H groups in total. The van der Waals surface area contributed by atoms with Crippen LogP contribution in [-0.2, 0) is 14.3 Å². The van der Waals surface area contributed by atoms with Gasteiger partial charge in [-0.1, -0.05) is 18.2 Å². The van der Waals surface area contributed by atoms with Crippen LogP contribution in [-0.4, -0.2) is 29.2 Å². The molecule has 3 rings (SSSR count). The Labute approximate surface area is 120 Å². The summed E-state index contributed by atoms with van der Waals surface area (Å²) in [4.78, 5) is 23.7. The molecule has 1 saturated heterocycles. The highest BCUT2D eigenvalue weighted by Gasteiger charge is 2.53. The van der Waals surface area contributed by atoms with Gasteiger partial charge in [0.25, 0.3) is 0 Å². The van der Waals surface area contributed by atoms with E-state index in [1.54, 1.807) is 25.1 Å². The van der Waals surface area contributed by atoms with Gasteiger partial charge in [-0.3, -0.25) is 9.59 Å². The van der Waals surface area contributed by atoms with E-state index < -0.39 is 41.7 Å². The first kappa shape index (κ1) is 13.8. The molecule has 1 fully saturated rings. The molecule has 0 saturated carbocycles. The molecule has 2 aliphatic heterocycles. The Balaban J connectivity index is 1.83. The van der Waals surface area contributed by atoms with Crippen LogP contribution in [0.3, 0.4) is 0 Å². The number of hydrogen-bond acceptors (Lipinski definition) is 3. The normalized spacial score (nSPS) is 29.6. The summed E-state index contributed by atoms with van der Waals surface area (Å²) in [6.07, 6.45) is 2.26. The highest BCUT2D eigenvalue weighted by atomic mass is 19.1. The van der Waals surface area contributed by atoms with E-state index in [0.717, 1.165) is 0 Å². The number of carbonyl (C=O) groups is 2. The van der Waals surface area contributed by atoms with Crippen LogP contribution in [0.2, 0.25) is 0 Å². The van der Waals surface area contributed by atoms with Gasteiger partial charge in [-0.2, -0.15) is 0 Å². The van der Waals surface area contributed by atoms with Crippen molar-refractivity contribution in [2.24, 2.45) is 11.8 Å². The number of aryl methyl sites for hydroxylation is 1. The topological polar surface area (TPSA) is 75.6 Å². The predicted octanol–water partition coefficient (Wildman–Crippen LogP) is 1.73. The molecule has 0 spiro atoms. The molecule has 1 aromatic carbocycles. The highest BCUT2D eigenvalue weighted by molar-refractivity contribution is 5.97. The number of amides is 1. The fourth-order valence-corrected chi connectivity index (χ4v) is 2.86. The highest BCUT2D eigenvalue weighted by Crippen LogP contribution is 2.40. The first-order valence-electron chi connectivity index (χ1n) is 6.61. The maximum absolute atomic E-state index is 13.2. The summed E-state index contributed by atoms with van der Waals surface area (Å²) in [5.74, 6) is -3.71. The van der Waals surface area contributed by atoms with Crippen molar-refractivity contribution in [1.29, 1.82) is 0 Å². The Morgan fingerprint density at radius 1 is 1.24 bits per heavy atom. The largest absolute Gasteiger partial charge is 0.481 e. The van der Waals surface area contributed by atoms with Crippen molar-refractivity contribution in [3.63, 3.8) is 0 Å². The van der Waals surface area contributed by atoms with Crippen LogP contribution in [0, 0.1) is 24.6 Å². The zero-order valence-corrected chi connectivity index (χ0v) is 11.2. The number of aliphatic carboxylic acids is 1. The van der Waals surface area contributed by atoms with E-state index >= 15 is 0 Å². The van der Waals surface area contributed by atoms with Crippen LogP contribution in [0.1, 0.15) is 5.56 Å². The maximum atomic E-state index is 13.2. The number of carboxylic acids is 1. The third kappa shape index (κ3) is 2.31. The molecule has 1 amide bonds. The predicted molar refractivity (Wildman–Crippen MR) is 72.2 cm³/mol. The molecule has 1 aromatic rings. The molecule has 2 aliphatic rings. The zero-order valence-electron chi connectivity index (χ0n) is 11.2. The van der Waals surface area contributed by atoms with Gasteiger partial charge in [0.05, 0.1) is 18.1 Å². The molecule has 2 heterocycles. The number of carboxylic acid groups (broad SMARTS) is 1. The van der Waals surface area contributed by atoms with E-state index in [2.05, 4.69) is 5.32 Å². The minimum Gasteiger partial charge on any atom is -0.481 e. The van der Waals surface area contributed by atoms with E-state index in [1.807, 2.05) is 0 Å². The first-order chi connectivity index (χ1) is 9.97. The number of carbonyl (C=O) groups excluding carboxylic acids is 1. The number of hydrogen-bond donors (Lipinski definition) is 2. The smallest absolute Gasteiger partial charge is 0.310 e. The number of halogens is 1. The van der Waals surface area contributed by atoms with Crippen LogP contribution in [0.25, 0.3) is 0 Å². The number of rotatable bonds is 3. The summed E-state index contributed by atoms with van der Waals surface area (Å²) >= 11 is 0. The Morgan fingerprint density at radius 2 is 1.90 bits per heavy atom. The molecule has 0 aliphatic carbocycles. The Hall–Kier alpha value is -2.21. The lowest BCUT2D eigenvalue weighted by molar-refractivity contribution is -0.145. The van der Waals surface area contributed by atoms with Crippen molar-refractivity contribution in [3.8, 4) is 0 Å². The van der Waals surface area contributed by atoms with Gasteiger partial charge >= 0.3 is 5.97 Å². The molecule has 0 radical (unpaired) electrons. The number of nitrogens with one attached hydrogen (secondary N) is 1. The Kier molecular flexibility index (Phi) is 3.25. The fourth-order valence-electron chi connectivity index (χ4n) is 2.86. The van der Waals surface area contributed by atoms with Crippen molar-refractivity contribution >= 4 is 17.6 Å². The van der Waals surface area contributed by atoms with Crippen molar-refractivity contribution in [2.75, 3.05) is 5.32 Å². The first-order valence-corrected chi connectivity index (χ1v) is 6.61. The molecule has 21 heavy (non-hydrogen) atoms. The van der Waals surface area contributed by atoms with Gasteiger partial charge in [-0.15, -0.1) is 0 Å². The number of anilines is 1. The molecular weight excluding hydrogens is 277 g/mol. The zero-order chi connectivity index (χ0) is 15.1. The second-order valence-electron chi connectivity index (χ2n) is 5.29. The minimum absolute atomic E-state index is 0.343. The summed E-state index contributed by atoms with van der Waals surface area (Å²) < 4.78 is 18.7. The van der Waals surface area contributed by atoms with Gasteiger partial charge < -0.3 is 15.2 Å². The lowest BCUT2D eigenvalue weighted by Gasteiger charge is -2.21. The summed E-state index contributed by atoms with van der Waals surface area (Å²) in [5, 5.41) is 11.9. The third-order valence-electron chi connectivity index (χ3n) is 3.94. The molecule has 110 valence electrons. The van der Waals surface area contributed by atoms with Gasteiger partial charge in [0, 0.05) is 5.69 Å². The SMILES string of the molecule is Cc1ccc(F)cc1NC(=O)[C@@H]1[C@@H](C(=O)O)[C@@H]2C=C[C@H]1O2. The lowest BCUT2D eigenvalue weighted by atomic mass is 9.82. The average molecular weight is 291 g/mol. The van der Waals surface area contributed by atoms with E-state index in [1.165, 1.54) is 12.1 Å². The van der Waals surface area contributed by atoms with Crippen LogP contribution in [0.15, 0.2) is 30.4 Å². The van der Waals surface area contributed by atoms with Crippen LogP contribution >= 0.6 is 0 Å². The van der Waals surface area contributed by atoms with Crippen LogP contribution in [0.4, 0.5) is 10.1 Å². The molecule has 0 aromatic heterocycles. The molecule has 6 heteroatoms. The second kappa shape index (κ2) is 4.96. The van der Waals surface area contributed by atoms with Gasteiger partial charge in [-0.05, 0) is 24.6 Å². The summed E-state index contributed by atoms with van der Waals surface area (Å²) in [6.45, 7) is 1.74. The number of ether oxygens (including phenoxy) is 1. The van der Waals surface area contributed by atoms with Gasteiger partial charge in [0.1, 0.15) is 11.7 Å². The van der Waals surface area contributed by atoms with Crippen molar-refractivity contribution in [2.45, 2.75) is 19.1 Å². The average Bonchev–Trinajstić information content (AvgIpc) is 3.03. The van der Waals surface area contributed by atoms with Crippen LogP contribution < -0.4 is 5.32 Å². The monoisotopic (exact) mass is 291 g/mol. The number of benzene rings is 1. The van der Waals surface area contributed by atoms with Crippen molar-refractivity contribution in [3.05, 3.63) is 41.7 Å². The van der Waals surface area contributed by atoms with Gasteiger partial charge in [-0.25, -0.2) is 4.39 Å². The molecule has 5 nitrogen and oxygen atoms in total. The fraction of sp³-hybridized carbons (Fsp3) is 0.333. The second-order valence-corrected chi connectivity index (χ2v) is 5.29. The van der Waals surface area contributed by atoms with Gasteiger partial charge in [0.15, 0.2) is 0 Å². The molecule has 4 atom stereocenters. The van der Waals surface area contributed by atoms with E-state index in [-0.39, 0.29) is 0 Å². The third-order valence-corrected chi connectivity index (χ3v) is 3.94. The molecule has 0 unspecified atom stereocenters. The quantitative estimate of drug-likeness (QED) is 0.832. The summed E-state index contributed by atoms with van der Waals surface area (Å²) in [5.41, 5.74) is 1.05. The Morgan fingerprint density at radius 3 is 2.57 bits per heavy atom. The summed E-state index contributed by atoms with van der Waals surface area (Å²) in [7, 11) is 0. The van der Waals surface area contributed by atoms with E-state index in [9.17, 15) is 19.1 Å². The standard InChI is InChI=1S/C15H14FNO4/c1-7-2-3-8(16)6-9(7)17-14(18)12-10-4-5-11(21-10)13(12)15(19)20/h2-6,10-13H,1H3,(H,17,18)(H,19,20)/t10-,11+,12+,13+/m1/s1.